The highest BCUT2D eigenvalue weighted by Crippen LogP contribution is 2.38. The largest absolute Gasteiger partial charge is 0.381 e. The van der Waals surface area contributed by atoms with Gasteiger partial charge in [-0.3, -0.25) is 0 Å². The molecular formula is C16H30O. The van der Waals surface area contributed by atoms with Gasteiger partial charge in [-0.1, -0.05) is 39.5 Å². The molecular weight excluding hydrogens is 208 g/mol. The third-order valence-corrected chi connectivity index (χ3v) is 5.11. The van der Waals surface area contributed by atoms with Crippen LogP contribution in [0, 0.1) is 23.7 Å². The van der Waals surface area contributed by atoms with Crippen LogP contribution in [0.15, 0.2) is 0 Å². The molecule has 2 fully saturated rings. The third-order valence-electron chi connectivity index (χ3n) is 5.11. The minimum absolute atomic E-state index is 0.898. The molecule has 0 aromatic rings. The lowest BCUT2D eigenvalue weighted by Gasteiger charge is -2.35. The van der Waals surface area contributed by atoms with Gasteiger partial charge in [0.25, 0.3) is 0 Å². The second kappa shape index (κ2) is 6.78. The number of hydrogen-bond donors (Lipinski definition) is 0. The van der Waals surface area contributed by atoms with E-state index in [0.29, 0.717) is 0 Å². The van der Waals surface area contributed by atoms with Gasteiger partial charge in [0, 0.05) is 13.2 Å². The van der Waals surface area contributed by atoms with Crippen molar-refractivity contribution in [2.24, 2.45) is 23.7 Å². The zero-order valence-electron chi connectivity index (χ0n) is 11.8. The maximum Gasteiger partial charge on any atom is 0.0468 e. The molecule has 1 nitrogen and oxygen atoms in total. The minimum atomic E-state index is 0.898. The summed E-state index contributed by atoms with van der Waals surface area (Å²) >= 11 is 0. The topological polar surface area (TPSA) is 9.23 Å². The summed E-state index contributed by atoms with van der Waals surface area (Å²) in [5.41, 5.74) is 0. The maximum atomic E-state index is 5.45. The van der Waals surface area contributed by atoms with Crippen LogP contribution in [0.2, 0.25) is 0 Å². The second-order valence-corrected chi connectivity index (χ2v) is 6.59. The van der Waals surface area contributed by atoms with Gasteiger partial charge in [-0.05, 0) is 49.4 Å². The lowest BCUT2D eigenvalue weighted by Crippen LogP contribution is -2.25. The molecule has 1 saturated carbocycles. The molecule has 2 aliphatic rings. The first-order valence-corrected chi connectivity index (χ1v) is 7.85. The average molecular weight is 238 g/mol. The average Bonchev–Trinajstić information content (AvgIpc) is 2.38. The Morgan fingerprint density at radius 1 is 0.941 bits per heavy atom. The van der Waals surface area contributed by atoms with Gasteiger partial charge in [-0.2, -0.15) is 0 Å². The Labute approximate surface area is 107 Å². The van der Waals surface area contributed by atoms with Gasteiger partial charge in [0.2, 0.25) is 0 Å². The van der Waals surface area contributed by atoms with Crippen LogP contribution >= 0.6 is 0 Å². The molecule has 0 aromatic heterocycles. The summed E-state index contributed by atoms with van der Waals surface area (Å²) < 4.78 is 5.45. The van der Waals surface area contributed by atoms with Crippen LogP contribution in [0.5, 0.6) is 0 Å². The highest BCUT2D eigenvalue weighted by molar-refractivity contribution is 4.78. The van der Waals surface area contributed by atoms with Gasteiger partial charge in [0.1, 0.15) is 0 Å². The minimum Gasteiger partial charge on any atom is -0.381 e. The summed E-state index contributed by atoms with van der Waals surface area (Å²) in [5.74, 6) is 3.92. The highest BCUT2D eigenvalue weighted by Gasteiger charge is 2.28. The molecule has 2 rings (SSSR count). The second-order valence-electron chi connectivity index (χ2n) is 6.59. The van der Waals surface area contributed by atoms with Crippen molar-refractivity contribution in [1.29, 1.82) is 0 Å². The molecule has 0 bridgehead atoms. The molecule has 0 amide bonds. The van der Waals surface area contributed by atoms with Crippen LogP contribution < -0.4 is 0 Å². The maximum absolute atomic E-state index is 5.45. The SMILES string of the molecule is CC(C)C1CCCCC1CCC1CCOCC1. The van der Waals surface area contributed by atoms with Crippen LogP contribution in [-0.4, -0.2) is 13.2 Å². The molecule has 2 atom stereocenters. The zero-order chi connectivity index (χ0) is 12.1. The fourth-order valence-electron chi connectivity index (χ4n) is 3.96. The van der Waals surface area contributed by atoms with E-state index >= 15 is 0 Å². The van der Waals surface area contributed by atoms with E-state index in [4.69, 9.17) is 4.74 Å². The van der Waals surface area contributed by atoms with Crippen molar-refractivity contribution in [1.82, 2.24) is 0 Å². The quantitative estimate of drug-likeness (QED) is 0.692. The molecule has 17 heavy (non-hydrogen) atoms. The first-order valence-electron chi connectivity index (χ1n) is 7.85. The van der Waals surface area contributed by atoms with Gasteiger partial charge in [-0.15, -0.1) is 0 Å². The van der Waals surface area contributed by atoms with Crippen molar-refractivity contribution in [2.75, 3.05) is 13.2 Å². The van der Waals surface area contributed by atoms with E-state index in [1.165, 1.54) is 51.4 Å². The summed E-state index contributed by atoms with van der Waals surface area (Å²) in [4.78, 5) is 0. The Balaban J connectivity index is 1.75. The lowest BCUT2D eigenvalue weighted by molar-refractivity contribution is 0.0580. The van der Waals surface area contributed by atoms with Crippen LogP contribution in [-0.2, 0) is 4.74 Å². The molecule has 1 heteroatoms. The fourth-order valence-corrected chi connectivity index (χ4v) is 3.96. The van der Waals surface area contributed by atoms with E-state index in [0.717, 1.165) is 36.9 Å². The van der Waals surface area contributed by atoms with Crippen molar-refractivity contribution < 1.29 is 4.74 Å². The Hall–Kier alpha value is -0.0400. The summed E-state index contributed by atoms with van der Waals surface area (Å²) in [7, 11) is 0. The molecule has 0 spiro atoms. The van der Waals surface area contributed by atoms with Crippen LogP contribution in [0.3, 0.4) is 0 Å². The predicted octanol–water partition coefficient (Wildman–Crippen LogP) is 4.66. The Bertz CT molecular complexity index is 206. The predicted molar refractivity (Wildman–Crippen MR) is 73.1 cm³/mol. The van der Waals surface area contributed by atoms with E-state index in [-0.39, 0.29) is 0 Å². The molecule has 1 saturated heterocycles. The Kier molecular flexibility index (Phi) is 5.34. The molecule has 1 heterocycles. The molecule has 100 valence electrons. The first kappa shape index (κ1) is 13.4. The van der Waals surface area contributed by atoms with Crippen molar-refractivity contribution >= 4 is 0 Å². The van der Waals surface area contributed by atoms with Crippen molar-refractivity contribution in [2.45, 2.75) is 65.2 Å². The zero-order valence-corrected chi connectivity index (χ0v) is 11.8. The third kappa shape index (κ3) is 3.98. The monoisotopic (exact) mass is 238 g/mol. The fraction of sp³-hybridized carbons (Fsp3) is 1.00. The first-order chi connectivity index (χ1) is 8.27. The summed E-state index contributed by atoms with van der Waals surface area (Å²) in [5, 5.41) is 0. The summed E-state index contributed by atoms with van der Waals surface area (Å²) in [6.45, 7) is 6.89. The Morgan fingerprint density at radius 2 is 1.65 bits per heavy atom. The molecule has 0 aromatic carbocycles. The lowest BCUT2D eigenvalue weighted by atomic mass is 9.71. The van der Waals surface area contributed by atoms with Crippen molar-refractivity contribution in [3.8, 4) is 0 Å². The number of rotatable bonds is 4. The standard InChI is InChI=1S/C16H30O/c1-13(2)16-6-4-3-5-15(16)8-7-14-9-11-17-12-10-14/h13-16H,3-12H2,1-2H3. The van der Waals surface area contributed by atoms with E-state index in [1.54, 1.807) is 0 Å². The molecule has 2 unspecified atom stereocenters. The molecule has 1 aliphatic carbocycles. The molecule has 0 N–H and O–H groups in total. The number of hydrogen-bond acceptors (Lipinski definition) is 1. The van der Waals surface area contributed by atoms with Crippen molar-refractivity contribution in [3.63, 3.8) is 0 Å². The summed E-state index contributed by atoms with van der Waals surface area (Å²) in [6.07, 6.45) is 11.6. The van der Waals surface area contributed by atoms with Gasteiger partial charge in [0.15, 0.2) is 0 Å². The highest BCUT2D eigenvalue weighted by atomic mass is 16.5. The van der Waals surface area contributed by atoms with Crippen molar-refractivity contribution in [3.05, 3.63) is 0 Å². The smallest absolute Gasteiger partial charge is 0.0468 e. The summed E-state index contributed by atoms with van der Waals surface area (Å²) in [6, 6.07) is 0. The van der Waals surface area contributed by atoms with Gasteiger partial charge in [0.05, 0.1) is 0 Å². The van der Waals surface area contributed by atoms with E-state index in [9.17, 15) is 0 Å². The van der Waals surface area contributed by atoms with Gasteiger partial charge < -0.3 is 4.74 Å². The van der Waals surface area contributed by atoms with Crippen LogP contribution in [0.25, 0.3) is 0 Å². The van der Waals surface area contributed by atoms with E-state index < -0.39 is 0 Å². The molecule has 0 radical (unpaired) electrons. The van der Waals surface area contributed by atoms with Gasteiger partial charge >= 0.3 is 0 Å². The van der Waals surface area contributed by atoms with Crippen LogP contribution in [0.1, 0.15) is 65.2 Å². The van der Waals surface area contributed by atoms with Gasteiger partial charge in [-0.25, -0.2) is 0 Å². The molecule has 1 aliphatic heterocycles. The Morgan fingerprint density at radius 3 is 2.35 bits per heavy atom. The van der Waals surface area contributed by atoms with Crippen LogP contribution in [0.4, 0.5) is 0 Å². The number of ether oxygens (including phenoxy) is 1. The van der Waals surface area contributed by atoms with E-state index in [2.05, 4.69) is 13.8 Å². The normalized spacial score (nSPS) is 31.9. The van der Waals surface area contributed by atoms with E-state index in [1.807, 2.05) is 0 Å².